The van der Waals surface area contributed by atoms with E-state index >= 15 is 0 Å². The number of allylic oxidation sites excluding steroid dienone is 19. The summed E-state index contributed by atoms with van der Waals surface area (Å²) in [5, 5.41) is 121. The first-order valence-electron chi connectivity index (χ1n) is 40.8. The van der Waals surface area contributed by atoms with E-state index in [0.717, 1.165) is 103 Å². The predicted molar refractivity (Wildman–Crippen MR) is 415 cm³/mol. The lowest BCUT2D eigenvalue weighted by Crippen LogP contribution is -2.66. The largest absolute Gasteiger partial charge is 0.394 e. The molecule has 17 unspecified atom stereocenters. The second kappa shape index (κ2) is 64.1. The fourth-order valence-corrected chi connectivity index (χ4v) is 13.0. The lowest BCUT2D eigenvalue weighted by Gasteiger charge is -2.48. The molecule has 12 N–H and O–H groups in total. The van der Waals surface area contributed by atoms with Crippen LogP contribution in [0.15, 0.2) is 122 Å². The molecule has 0 aromatic rings. The van der Waals surface area contributed by atoms with E-state index in [-0.39, 0.29) is 18.9 Å². The highest BCUT2D eigenvalue weighted by Gasteiger charge is 2.54. The van der Waals surface area contributed by atoms with Gasteiger partial charge in [0.15, 0.2) is 18.9 Å². The molecular formula is C85H145NO18. The molecule has 0 aromatic heterocycles. The molecule has 0 aromatic carbocycles. The van der Waals surface area contributed by atoms with Crippen molar-refractivity contribution in [1.29, 1.82) is 0 Å². The summed E-state index contributed by atoms with van der Waals surface area (Å²) in [5.41, 5.74) is 0. The average Bonchev–Trinajstić information content (AvgIpc) is 0.783. The minimum Gasteiger partial charge on any atom is -0.394 e. The zero-order chi connectivity index (χ0) is 75.3. The van der Waals surface area contributed by atoms with Crippen LogP contribution in [0, 0.1) is 0 Å². The monoisotopic (exact) mass is 1470 g/mol. The minimum absolute atomic E-state index is 0.217. The van der Waals surface area contributed by atoms with Gasteiger partial charge in [-0.05, 0) is 103 Å². The molecule has 3 heterocycles. The number of amides is 1. The summed E-state index contributed by atoms with van der Waals surface area (Å²) >= 11 is 0. The number of rotatable bonds is 63. The van der Waals surface area contributed by atoms with Crippen LogP contribution < -0.4 is 5.32 Å². The number of carbonyl (C=O) groups is 1. The molecule has 3 aliphatic heterocycles. The lowest BCUT2D eigenvalue weighted by atomic mass is 9.96. The van der Waals surface area contributed by atoms with Crippen molar-refractivity contribution in [3.8, 4) is 0 Å². The van der Waals surface area contributed by atoms with Crippen LogP contribution in [0.1, 0.15) is 277 Å². The Morgan fingerprint density at radius 2 is 0.673 bits per heavy atom. The third kappa shape index (κ3) is 43.4. The van der Waals surface area contributed by atoms with Crippen molar-refractivity contribution in [2.24, 2.45) is 0 Å². The first kappa shape index (κ1) is 94.4. The molecule has 0 spiro atoms. The van der Waals surface area contributed by atoms with E-state index in [1.165, 1.54) is 141 Å². The summed E-state index contributed by atoms with van der Waals surface area (Å²) in [5.74, 6) is -0.299. The van der Waals surface area contributed by atoms with Gasteiger partial charge in [0, 0.05) is 6.42 Å². The summed E-state index contributed by atoms with van der Waals surface area (Å²) in [6, 6.07) is -1.01. The summed E-state index contributed by atoms with van der Waals surface area (Å²) in [6.07, 6.45) is 63.2. The number of aliphatic hydroxyl groups excluding tert-OH is 11. The summed E-state index contributed by atoms with van der Waals surface area (Å²) < 4.78 is 34.4. The number of unbranched alkanes of at least 4 members (excludes halogenated alkanes) is 29. The van der Waals surface area contributed by atoms with E-state index in [1.807, 2.05) is 6.08 Å². The van der Waals surface area contributed by atoms with Crippen molar-refractivity contribution in [3.63, 3.8) is 0 Å². The van der Waals surface area contributed by atoms with E-state index in [4.69, 9.17) is 28.4 Å². The second-order valence-corrected chi connectivity index (χ2v) is 28.5. The van der Waals surface area contributed by atoms with Gasteiger partial charge < -0.3 is 89.9 Å². The van der Waals surface area contributed by atoms with Crippen LogP contribution in [-0.4, -0.2) is 193 Å². The van der Waals surface area contributed by atoms with Crippen molar-refractivity contribution in [1.82, 2.24) is 5.32 Å². The average molecular weight is 1470 g/mol. The molecule has 19 heteroatoms. The SMILES string of the molecule is CC/C=C\C/C=C\C/C=C\C/C=C\C/C=C\C/C=C\C/C=C\CCCCCCCCCCCC(=O)NC(COC1OC(CO)C(OC2OC(CO)C(OC3OC(CO)C(O)C(O)C3O)C(O)C2O)C(O)C1O)C(O)/C=C/CC/C=C/CC/C=C/CCCCCCCCCCCCCCCCCCCC. The van der Waals surface area contributed by atoms with Crippen LogP contribution in [0.2, 0.25) is 0 Å². The van der Waals surface area contributed by atoms with Gasteiger partial charge in [0.05, 0.1) is 38.6 Å². The van der Waals surface area contributed by atoms with Gasteiger partial charge in [-0.1, -0.05) is 289 Å². The number of carbonyl (C=O) groups excluding carboxylic acids is 1. The molecule has 0 bridgehead atoms. The highest BCUT2D eigenvalue weighted by molar-refractivity contribution is 5.76. The van der Waals surface area contributed by atoms with Crippen molar-refractivity contribution in [3.05, 3.63) is 122 Å². The number of nitrogens with one attached hydrogen (secondary N) is 1. The van der Waals surface area contributed by atoms with Gasteiger partial charge in [-0.15, -0.1) is 0 Å². The smallest absolute Gasteiger partial charge is 0.220 e. The number of hydrogen-bond acceptors (Lipinski definition) is 18. The molecule has 3 aliphatic rings. The molecule has 0 radical (unpaired) electrons. The predicted octanol–water partition coefficient (Wildman–Crippen LogP) is 13.9. The van der Waals surface area contributed by atoms with Crippen LogP contribution in [0.25, 0.3) is 0 Å². The second-order valence-electron chi connectivity index (χ2n) is 28.5. The van der Waals surface area contributed by atoms with Gasteiger partial charge in [0.2, 0.25) is 5.91 Å². The Hall–Kier alpha value is -3.81. The lowest BCUT2D eigenvalue weighted by molar-refractivity contribution is -0.379. The number of aliphatic hydroxyl groups is 11. The molecule has 17 atom stereocenters. The van der Waals surface area contributed by atoms with Crippen LogP contribution in [0.4, 0.5) is 0 Å². The third-order valence-electron chi connectivity index (χ3n) is 19.5. The van der Waals surface area contributed by atoms with Crippen molar-refractivity contribution >= 4 is 5.91 Å². The van der Waals surface area contributed by atoms with Gasteiger partial charge in [0.1, 0.15) is 73.2 Å². The van der Waals surface area contributed by atoms with Crippen molar-refractivity contribution < 1.29 is 89.4 Å². The van der Waals surface area contributed by atoms with E-state index in [0.29, 0.717) is 12.8 Å². The van der Waals surface area contributed by atoms with E-state index in [2.05, 4.69) is 129 Å². The summed E-state index contributed by atoms with van der Waals surface area (Å²) in [6.45, 7) is 1.60. The number of ether oxygens (including phenoxy) is 6. The van der Waals surface area contributed by atoms with Crippen LogP contribution >= 0.6 is 0 Å². The molecule has 3 saturated heterocycles. The first-order valence-corrected chi connectivity index (χ1v) is 40.8. The molecule has 19 nitrogen and oxygen atoms in total. The topological polar surface area (TPSA) is 307 Å². The van der Waals surface area contributed by atoms with Gasteiger partial charge in [-0.2, -0.15) is 0 Å². The fraction of sp³-hybridized carbons (Fsp3) is 0.753. The minimum atomic E-state index is -1.99. The van der Waals surface area contributed by atoms with Crippen molar-refractivity contribution in [2.45, 2.75) is 381 Å². The van der Waals surface area contributed by atoms with Crippen LogP contribution in [0.3, 0.4) is 0 Å². The molecule has 3 rings (SSSR count). The van der Waals surface area contributed by atoms with Crippen LogP contribution in [-0.2, 0) is 33.2 Å². The molecule has 1 amide bonds. The highest BCUT2D eigenvalue weighted by atomic mass is 16.8. The van der Waals surface area contributed by atoms with Gasteiger partial charge in [-0.25, -0.2) is 0 Å². The first-order chi connectivity index (χ1) is 50.8. The fourth-order valence-electron chi connectivity index (χ4n) is 13.0. The summed E-state index contributed by atoms with van der Waals surface area (Å²) in [7, 11) is 0. The zero-order valence-electron chi connectivity index (χ0n) is 64.0. The Morgan fingerprint density at radius 1 is 0.356 bits per heavy atom. The maximum atomic E-state index is 13.5. The van der Waals surface area contributed by atoms with Gasteiger partial charge in [0.25, 0.3) is 0 Å². The Kier molecular flexibility index (Phi) is 58.1. The molecule has 0 aliphatic carbocycles. The van der Waals surface area contributed by atoms with E-state index in [9.17, 15) is 61.0 Å². The maximum absolute atomic E-state index is 13.5. The Morgan fingerprint density at radius 3 is 1.08 bits per heavy atom. The zero-order valence-corrected chi connectivity index (χ0v) is 64.0. The molecule has 0 saturated carbocycles. The van der Waals surface area contributed by atoms with Gasteiger partial charge >= 0.3 is 0 Å². The maximum Gasteiger partial charge on any atom is 0.220 e. The van der Waals surface area contributed by atoms with Crippen molar-refractivity contribution in [2.75, 3.05) is 26.4 Å². The third-order valence-corrected chi connectivity index (χ3v) is 19.5. The Balaban J connectivity index is 1.40. The molecular weight excluding hydrogens is 1320 g/mol. The summed E-state index contributed by atoms with van der Waals surface area (Å²) in [4.78, 5) is 13.5. The quantitative estimate of drug-likeness (QED) is 0.0199. The number of hydrogen-bond donors (Lipinski definition) is 12. The molecule has 598 valence electrons. The van der Waals surface area contributed by atoms with E-state index < -0.39 is 124 Å². The molecule has 104 heavy (non-hydrogen) atoms. The van der Waals surface area contributed by atoms with Gasteiger partial charge in [-0.3, -0.25) is 4.79 Å². The normalized spacial score (nSPS) is 26.6. The highest BCUT2D eigenvalue weighted by Crippen LogP contribution is 2.33. The Labute approximate surface area is 627 Å². The van der Waals surface area contributed by atoms with Crippen LogP contribution in [0.5, 0.6) is 0 Å². The Bertz CT molecular complexity index is 2350. The standard InChI is InChI=1S/C85H145NO18/c1-3-5-7-9-11-13-15-17-19-21-23-25-27-29-31-33-34-35-37-39-41-43-45-47-49-51-53-55-57-59-61-63-73(91)86-68(69(90)62-60-58-56-54-52-50-48-46-44-42-40-38-36-32-30-28-26-24-22-20-18-16-14-12-10-8-6-4-2)67-99-83-79(97)76(94)81(71(65-88)101-83)104-85-80(98)77(95)82(72(66-89)102-85)103-84-78(96)75(93)74(92)70(64-87)100-84/h5,7,11,13,17,19,23,25,29,31,34-35,39,41,44,46,52,54,60,62,68-72,74-85,87-90,92-98H,3-4,6,8-10,12,14-16,18,20-22,24,26-28,30,32-33,36-38,40,42-43,45,47-51,53,55-59,61,63-67H2,1-2H3,(H,86,91)/b7-5-,13-11-,19-17-,25-23-,31-29-,35-34-,41-39-,46-44+,54-52+,62-60+. The van der Waals surface area contributed by atoms with E-state index in [1.54, 1.807) is 6.08 Å². The molecule has 3 fully saturated rings.